The zero-order valence-corrected chi connectivity index (χ0v) is 9.17. The summed E-state index contributed by atoms with van der Waals surface area (Å²) in [6, 6.07) is 4.70. The maximum atomic E-state index is 12.4. The van der Waals surface area contributed by atoms with E-state index in [0.717, 1.165) is 12.1 Å². The molecule has 94 valence electrons. The third-order valence-electron chi connectivity index (χ3n) is 2.99. The van der Waals surface area contributed by atoms with Gasteiger partial charge in [-0.2, -0.15) is 13.2 Å². The van der Waals surface area contributed by atoms with Crippen LogP contribution in [-0.4, -0.2) is 31.4 Å². The lowest BCUT2D eigenvalue weighted by Crippen LogP contribution is -2.57. The summed E-state index contributed by atoms with van der Waals surface area (Å²) in [6.45, 7) is 2.23. The molecule has 1 saturated heterocycles. The summed E-state index contributed by atoms with van der Waals surface area (Å²) in [5, 5.41) is 13.3. The second-order valence-electron chi connectivity index (χ2n) is 4.16. The van der Waals surface area contributed by atoms with E-state index in [4.69, 9.17) is 0 Å². The van der Waals surface area contributed by atoms with Crippen molar-refractivity contribution in [1.29, 1.82) is 0 Å². The first kappa shape index (κ1) is 12.3. The summed E-state index contributed by atoms with van der Waals surface area (Å²) in [7, 11) is 0. The van der Waals surface area contributed by atoms with Crippen LogP contribution < -0.4 is 9.96 Å². The SMILES string of the molecule is O[N+]1(c2ccc(C(F)(F)F)cc2)CCNCC1. The van der Waals surface area contributed by atoms with Crippen molar-refractivity contribution < 1.29 is 18.4 Å². The second kappa shape index (κ2) is 4.29. The van der Waals surface area contributed by atoms with Gasteiger partial charge in [0.25, 0.3) is 0 Å². The smallest absolute Gasteiger partial charge is 0.306 e. The molecule has 1 fully saturated rings. The molecule has 3 nitrogen and oxygen atoms in total. The number of benzene rings is 1. The minimum atomic E-state index is -4.33. The van der Waals surface area contributed by atoms with E-state index in [2.05, 4.69) is 5.32 Å². The summed E-state index contributed by atoms with van der Waals surface area (Å²) < 4.78 is 36.8. The summed E-state index contributed by atoms with van der Waals surface area (Å²) in [4.78, 5) is 0. The number of nitrogens with one attached hydrogen (secondary N) is 1. The van der Waals surface area contributed by atoms with Gasteiger partial charge in [-0.1, -0.05) is 0 Å². The lowest BCUT2D eigenvalue weighted by molar-refractivity contribution is -0.137. The minimum absolute atomic E-state index is 0.300. The van der Waals surface area contributed by atoms with Crippen LogP contribution in [0.25, 0.3) is 0 Å². The van der Waals surface area contributed by atoms with Crippen LogP contribution in [0.1, 0.15) is 5.56 Å². The molecule has 1 aromatic rings. The van der Waals surface area contributed by atoms with Gasteiger partial charge in [0.1, 0.15) is 13.1 Å². The van der Waals surface area contributed by atoms with Gasteiger partial charge in [-0.05, 0) is 12.1 Å². The maximum Gasteiger partial charge on any atom is 0.416 e. The maximum absolute atomic E-state index is 12.4. The van der Waals surface area contributed by atoms with E-state index in [1.165, 1.54) is 12.1 Å². The molecule has 0 atom stereocenters. The first-order valence-electron chi connectivity index (χ1n) is 5.40. The number of hydrogen-bond acceptors (Lipinski definition) is 2. The van der Waals surface area contributed by atoms with Gasteiger partial charge in [0.2, 0.25) is 0 Å². The Bertz CT molecular complexity index is 383. The van der Waals surface area contributed by atoms with Gasteiger partial charge < -0.3 is 5.32 Å². The van der Waals surface area contributed by atoms with Crippen molar-refractivity contribution in [3.8, 4) is 0 Å². The summed E-state index contributed by atoms with van der Waals surface area (Å²) in [6.07, 6.45) is -4.33. The molecule has 0 aromatic heterocycles. The van der Waals surface area contributed by atoms with E-state index in [1.807, 2.05) is 0 Å². The Morgan fingerprint density at radius 3 is 2.06 bits per heavy atom. The predicted molar refractivity (Wildman–Crippen MR) is 57.6 cm³/mol. The molecular formula is C11H14F3N2O+. The molecule has 0 amide bonds. The van der Waals surface area contributed by atoms with E-state index in [1.54, 1.807) is 0 Å². The molecule has 1 aliphatic heterocycles. The number of rotatable bonds is 1. The minimum Gasteiger partial charge on any atom is -0.306 e. The third-order valence-corrected chi connectivity index (χ3v) is 2.99. The van der Waals surface area contributed by atoms with Gasteiger partial charge in [-0.25, -0.2) is 5.21 Å². The van der Waals surface area contributed by atoms with Crippen LogP contribution in [0.15, 0.2) is 24.3 Å². The quantitative estimate of drug-likeness (QED) is 0.744. The lowest BCUT2D eigenvalue weighted by Gasteiger charge is -2.33. The number of quaternary nitrogens is 1. The highest BCUT2D eigenvalue weighted by Gasteiger charge is 2.34. The fraction of sp³-hybridized carbons (Fsp3) is 0.455. The topological polar surface area (TPSA) is 32.3 Å². The summed E-state index contributed by atoms with van der Waals surface area (Å²) >= 11 is 0. The molecule has 17 heavy (non-hydrogen) atoms. The van der Waals surface area contributed by atoms with Crippen LogP contribution in [0.2, 0.25) is 0 Å². The summed E-state index contributed by atoms with van der Waals surface area (Å²) in [5.41, 5.74) is -0.192. The van der Waals surface area contributed by atoms with E-state index < -0.39 is 11.7 Å². The number of nitrogens with zero attached hydrogens (tertiary/aromatic N) is 1. The van der Waals surface area contributed by atoms with Crippen LogP contribution in [0.4, 0.5) is 18.9 Å². The van der Waals surface area contributed by atoms with Crippen LogP contribution >= 0.6 is 0 Å². The van der Waals surface area contributed by atoms with Gasteiger partial charge in [-0.15, -0.1) is 4.65 Å². The second-order valence-corrected chi connectivity index (χ2v) is 4.16. The number of hydroxylamine groups is 2. The highest BCUT2D eigenvalue weighted by Crippen LogP contribution is 2.31. The Labute approximate surface area is 97.0 Å². The molecule has 0 aliphatic carbocycles. The van der Waals surface area contributed by atoms with E-state index >= 15 is 0 Å². The van der Waals surface area contributed by atoms with Gasteiger partial charge in [0, 0.05) is 25.2 Å². The number of hydrogen-bond donors (Lipinski definition) is 2. The van der Waals surface area contributed by atoms with Crippen molar-refractivity contribution in [3.63, 3.8) is 0 Å². The van der Waals surface area contributed by atoms with Gasteiger partial charge in [-0.3, -0.25) is 0 Å². The fourth-order valence-electron chi connectivity index (χ4n) is 1.95. The van der Waals surface area contributed by atoms with Crippen molar-refractivity contribution >= 4 is 5.69 Å². The number of piperazine rings is 1. The van der Waals surface area contributed by atoms with Crippen LogP contribution in [0.5, 0.6) is 0 Å². The molecule has 1 heterocycles. The Kier molecular flexibility index (Phi) is 3.11. The normalized spacial score (nSPS) is 20.2. The Balaban J connectivity index is 2.23. The zero-order chi connectivity index (χ0) is 12.5. The van der Waals surface area contributed by atoms with Crippen molar-refractivity contribution in [3.05, 3.63) is 29.8 Å². The van der Waals surface area contributed by atoms with Gasteiger partial charge >= 0.3 is 6.18 Å². The Morgan fingerprint density at radius 2 is 1.59 bits per heavy atom. The summed E-state index contributed by atoms with van der Waals surface area (Å²) in [5.74, 6) is 0. The standard InChI is InChI=1S/C11H14F3N2O/c12-11(13,14)9-1-3-10(4-2-9)16(17)7-5-15-6-8-16/h1-4,15,17H,5-8H2/q+1. The molecule has 0 bridgehead atoms. The molecule has 1 aromatic carbocycles. The number of halogens is 3. The first-order chi connectivity index (χ1) is 7.92. The average Bonchev–Trinajstić information content (AvgIpc) is 2.29. The molecule has 0 spiro atoms. The largest absolute Gasteiger partial charge is 0.416 e. The molecule has 2 N–H and O–H groups in total. The highest BCUT2D eigenvalue weighted by atomic mass is 19.4. The number of alkyl halides is 3. The van der Waals surface area contributed by atoms with Crippen molar-refractivity contribution in [2.24, 2.45) is 0 Å². The predicted octanol–water partition coefficient (Wildman–Crippen LogP) is 2.01. The highest BCUT2D eigenvalue weighted by molar-refractivity contribution is 5.43. The van der Waals surface area contributed by atoms with Crippen LogP contribution in [0, 0.1) is 0 Å². The molecule has 6 heteroatoms. The first-order valence-corrected chi connectivity index (χ1v) is 5.40. The zero-order valence-electron chi connectivity index (χ0n) is 9.17. The molecule has 0 radical (unpaired) electrons. The molecule has 2 rings (SSSR count). The van der Waals surface area contributed by atoms with Crippen molar-refractivity contribution in [1.82, 2.24) is 9.96 Å². The monoisotopic (exact) mass is 247 g/mol. The molecule has 0 unspecified atom stereocenters. The van der Waals surface area contributed by atoms with E-state index in [-0.39, 0.29) is 4.65 Å². The fourth-order valence-corrected chi connectivity index (χ4v) is 1.95. The van der Waals surface area contributed by atoms with Crippen LogP contribution in [0.3, 0.4) is 0 Å². The molecule has 1 aliphatic rings. The van der Waals surface area contributed by atoms with E-state index in [9.17, 15) is 18.4 Å². The Morgan fingerprint density at radius 1 is 1.06 bits per heavy atom. The van der Waals surface area contributed by atoms with Crippen molar-refractivity contribution in [2.45, 2.75) is 6.18 Å². The van der Waals surface area contributed by atoms with Crippen LogP contribution in [-0.2, 0) is 6.18 Å². The van der Waals surface area contributed by atoms with E-state index in [0.29, 0.717) is 31.9 Å². The van der Waals surface area contributed by atoms with Gasteiger partial charge in [0.05, 0.1) is 5.56 Å². The molecule has 0 saturated carbocycles. The molecular weight excluding hydrogens is 233 g/mol. The average molecular weight is 247 g/mol. The lowest BCUT2D eigenvalue weighted by atomic mass is 10.1. The third kappa shape index (κ3) is 2.59. The Hall–Kier alpha value is -1.11. The van der Waals surface area contributed by atoms with Gasteiger partial charge in [0.15, 0.2) is 5.69 Å². The van der Waals surface area contributed by atoms with Crippen molar-refractivity contribution in [2.75, 3.05) is 26.2 Å².